The molecule has 0 aliphatic heterocycles. The number of fused-ring (bicyclic) bond motifs is 1. The summed E-state index contributed by atoms with van der Waals surface area (Å²) < 4.78 is 0. The highest BCUT2D eigenvalue weighted by atomic mass is 14.9. The first-order valence-electron chi connectivity index (χ1n) is 5.19. The van der Waals surface area contributed by atoms with E-state index in [1.165, 1.54) is 0 Å². The van der Waals surface area contributed by atoms with E-state index in [2.05, 4.69) is 9.97 Å². The number of nitrogens with one attached hydrogen (secondary N) is 2. The molecule has 3 rings (SSSR count). The van der Waals surface area contributed by atoms with E-state index >= 15 is 0 Å². The van der Waals surface area contributed by atoms with Gasteiger partial charge in [0, 0.05) is 5.69 Å². The number of nitrogen functional groups attached to an aromatic ring is 1. The Kier molecular flexibility index (Phi) is 1.90. The normalized spacial score (nSPS) is 10.8. The number of imidazole rings is 1. The van der Waals surface area contributed by atoms with E-state index in [4.69, 9.17) is 5.73 Å². The molecule has 2 aromatic carbocycles. The van der Waals surface area contributed by atoms with Crippen LogP contribution >= 0.6 is 0 Å². The number of hydrogen-bond acceptors (Lipinski definition) is 1. The van der Waals surface area contributed by atoms with Crippen LogP contribution in [0.15, 0.2) is 48.5 Å². The molecule has 3 nitrogen and oxygen atoms in total. The van der Waals surface area contributed by atoms with Gasteiger partial charge in [-0.3, -0.25) is 0 Å². The molecule has 0 aliphatic carbocycles. The van der Waals surface area contributed by atoms with Crippen molar-refractivity contribution < 1.29 is 4.98 Å². The molecule has 1 aromatic heterocycles. The smallest absolute Gasteiger partial charge is 0.285 e. The number of rotatable bonds is 1. The summed E-state index contributed by atoms with van der Waals surface area (Å²) in [4.78, 5) is 6.67. The maximum atomic E-state index is 5.66. The molecule has 0 saturated carbocycles. The molecule has 78 valence electrons. The summed E-state index contributed by atoms with van der Waals surface area (Å²) in [6, 6.07) is 15.9. The molecule has 0 radical (unpaired) electrons. The van der Waals surface area contributed by atoms with Crippen LogP contribution in [0.1, 0.15) is 0 Å². The average Bonchev–Trinajstić information content (AvgIpc) is 2.73. The SMILES string of the molecule is Nc1ccc(-c2[nH]c3ccccc3[nH+]2)cc1. The number of benzene rings is 2. The summed E-state index contributed by atoms with van der Waals surface area (Å²) in [5, 5.41) is 0. The molecular weight excluding hydrogens is 198 g/mol. The molecule has 0 saturated heterocycles. The molecule has 0 unspecified atom stereocenters. The minimum atomic E-state index is 0.778. The third kappa shape index (κ3) is 1.42. The lowest BCUT2D eigenvalue weighted by atomic mass is 10.2. The fraction of sp³-hybridized carbons (Fsp3) is 0. The van der Waals surface area contributed by atoms with Crippen LogP contribution in [-0.4, -0.2) is 4.98 Å². The maximum Gasteiger partial charge on any atom is 0.285 e. The van der Waals surface area contributed by atoms with Gasteiger partial charge in [0.05, 0.1) is 5.56 Å². The first-order valence-corrected chi connectivity index (χ1v) is 5.19. The van der Waals surface area contributed by atoms with E-state index in [1.807, 2.05) is 48.5 Å². The summed E-state index contributed by atoms with van der Waals surface area (Å²) in [6.45, 7) is 0. The first-order chi connectivity index (χ1) is 7.83. The van der Waals surface area contributed by atoms with Gasteiger partial charge in [0.1, 0.15) is 0 Å². The zero-order chi connectivity index (χ0) is 11.0. The van der Waals surface area contributed by atoms with Crippen molar-refractivity contribution in [2.75, 3.05) is 5.73 Å². The molecule has 1 heterocycles. The van der Waals surface area contributed by atoms with Crippen LogP contribution in [0, 0.1) is 0 Å². The largest absolute Gasteiger partial charge is 0.399 e. The van der Waals surface area contributed by atoms with Gasteiger partial charge in [-0.15, -0.1) is 0 Å². The number of aromatic amines is 2. The summed E-state index contributed by atoms with van der Waals surface area (Å²) in [6.07, 6.45) is 0. The molecule has 0 fully saturated rings. The van der Waals surface area contributed by atoms with Crippen molar-refractivity contribution in [3.05, 3.63) is 48.5 Å². The number of aromatic nitrogens is 2. The number of H-pyrrole nitrogens is 2. The van der Waals surface area contributed by atoms with Gasteiger partial charge in [0.25, 0.3) is 5.82 Å². The fourth-order valence-corrected chi connectivity index (χ4v) is 1.80. The van der Waals surface area contributed by atoms with E-state index in [-0.39, 0.29) is 0 Å². The fourth-order valence-electron chi connectivity index (χ4n) is 1.80. The van der Waals surface area contributed by atoms with Gasteiger partial charge in [0.2, 0.25) is 0 Å². The second-order valence-corrected chi connectivity index (χ2v) is 3.79. The maximum absolute atomic E-state index is 5.66. The van der Waals surface area contributed by atoms with Crippen LogP contribution < -0.4 is 10.7 Å². The van der Waals surface area contributed by atoms with Gasteiger partial charge in [-0.25, -0.2) is 9.97 Å². The van der Waals surface area contributed by atoms with Crippen molar-refractivity contribution >= 4 is 16.7 Å². The standard InChI is InChI=1S/C13H11N3/c14-10-7-5-9(6-8-10)13-15-11-3-1-2-4-12(11)16-13/h1-8H,14H2,(H,15,16)/p+1. The molecule has 3 heteroatoms. The second-order valence-electron chi connectivity index (χ2n) is 3.79. The van der Waals surface area contributed by atoms with Gasteiger partial charge in [0.15, 0.2) is 11.0 Å². The van der Waals surface area contributed by atoms with Crippen molar-refractivity contribution in [2.24, 2.45) is 0 Å². The van der Waals surface area contributed by atoms with Crippen LogP contribution in [0.2, 0.25) is 0 Å². The Bertz CT molecular complexity index is 590. The van der Waals surface area contributed by atoms with Crippen LogP contribution in [0.5, 0.6) is 0 Å². The number of hydrogen-bond donors (Lipinski definition) is 2. The quantitative estimate of drug-likeness (QED) is 0.594. The molecule has 0 spiro atoms. The lowest BCUT2D eigenvalue weighted by Crippen LogP contribution is -2.02. The lowest BCUT2D eigenvalue weighted by Gasteiger charge is -1.92. The highest BCUT2D eigenvalue weighted by Gasteiger charge is 2.10. The lowest BCUT2D eigenvalue weighted by molar-refractivity contribution is -0.330. The van der Waals surface area contributed by atoms with E-state index in [0.717, 1.165) is 28.1 Å². The van der Waals surface area contributed by atoms with Crippen molar-refractivity contribution in [3.63, 3.8) is 0 Å². The molecule has 4 N–H and O–H groups in total. The predicted molar refractivity (Wildman–Crippen MR) is 64.7 cm³/mol. The molecular formula is C13H12N3+. The Morgan fingerprint density at radius 3 is 2.44 bits per heavy atom. The first kappa shape index (κ1) is 8.97. The molecule has 0 bridgehead atoms. The summed E-state index contributed by atoms with van der Waals surface area (Å²) in [5.74, 6) is 1.00. The summed E-state index contributed by atoms with van der Waals surface area (Å²) in [7, 11) is 0. The Morgan fingerprint density at radius 2 is 1.69 bits per heavy atom. The van der Waals surface area contributed by atoms with E-state index in [0.29, 0.717) is 0 Å². The Balaban J connectivity index is 2.15. The van der Waals surface area contributed by atoms with Crippen LogP contribution in [0.4, 0.5) is 5.69 Å². The minimum Gasteiger partial charge on any atom is -0.399 e. The van der Waals surface area contributed by atoms with Gasteiger partial charge < -0.3 is 5.73 Å². The highest BCUT2D eigenvalue weighted by molar-refractivity contribution is 5.74. The summed E-state index contributed by atoms with van der Waals surface area (Å²) >= 11 is 0. The average molecular weight is 210 g/mol. The number of anilines is 1. The van der Waals surface area contributed by atoms with Crippen LogP contribution in [0.3, 0.4) is 0 Å². The van der Waals surface area contributed by atoms with Crippen LogP contribution in [-0.2, 0) is 0 Å². The molecule has 0 amide bonds. The van der Waals surface area contributed by atoms with Crippen LogP contribution in [0.25, 0.3) is 22.4 Å². The molecule has 3 aromatic rings. The number of para-hydroxylation sites is 2. The molecule has 16 heavy (non-hydrogen) atoms. The Hall–Kier alpha value is -2.29. The van der Waals surface area contributed by atoms with Gasteiger partial charge in [-0.05, 0) is 36.4 Å². The highest BCUT2D eigenvalue weighted by Crippen LogP contribution is 2.17. The Labute approximate surface area is 92.9 Å². The molecule has 0 atom stereocenters. The van der Waals surface area contributed by atoms with E-state index in [1.54, 1.807) is 0 Å². The summed E-state index contributed by atoms with van der Waals surface area (Å²) in [5.41, 5.74) is 9.75. The number of nitrogens with two attached hydrogens (primary N) is 1. The Morgan fingerprint density at radius 1 is 0.938 bits per heavy atom. The van der Waals surface area contributed by atoms with Crippen molar-refractivity contribution in [2.45, 2.75) is 0 Å². The van der Waals surface area contributed by atoms with Gasteiger partial charge >= 0.3 is 0 Å². The zero-order valence-electron chi connectivity index (χ0n) is 8.70. The third-order valence-corrected chi connectivity index (χ3v) is 2.65. The van der Waals surface area contributed by atoms with Gasteiger partial charge in [-0.2, -0.15) is 0 Å². The minimum absolute atomic E-state index is 0.778. The van der Waals surface area contributed by atoms with Crippen molar-refractivity contribution in [1.29, 1.82) is 0 Å². The third-order valence-electron chi connectivity index (χ3n) is 2.65. The zero-order valence-corrected chi connectivity index (χ0v) is 8.70. The topological polar surface area (TPSA) is 56.0 Å². The monoisotopic (exact) mass is 210 g/mol. The second kappa shape index (κ2) is 3.38. The van der Waals surface area contributed by atoms with Gasteiger partial charge in [-0.1, -0.05) is 12.1 Å². The van der Waals surface area contributed by atoms with Crippen molar-refractivity contribution in [1.82, 2.24) is 4.98 Å². The molecule has 0 aliphatic rings. The van der Waals surface area contributed by atoms with E-state index < -0.39 is 0 Å². The predicted octanol–water partition coefficient (Wildman–Crippen LogP) is 2.23. The van der Waals surface area contributed by atoms with Crippen molar-refractivity contribution in [3.8, 4) is 11.4 Å². The van der Waals surface area contributed by atoms with E-state index in [9.17, 15) is 0 Å².